The lowest BCUT2D eigenvalue weighted by Crippen LogP contribution is -2.39. The van der Waals surface area contributed by atoms with E-state index in [0.29, 0.717) is 18.0 Å². The van der Waals surface area contributed by atoms with Crippen molar-refractivity contribution in [3.05, 3.63) is 29.5 Å². The van der Waals surface area contributed by atoms with E-state index in [-0.39, 0.29) is 0 Å². The van der Waals surface area contributed by atoms with Crippen LogP contribution in [-0.4, -0.2) is 49.8 Å². The number of benzene rings is 1. The number of rotatable bonds is 6. The monoisotopic (exact) mass is 398 g/mol. The van der Waals surface area contributed by atoms with Crippen molar-refractivity contribution in [1.82, 2.24) is 4.90 Å². The number of nitrogens with zero attached hydrogens (tertiary/aromatic N) is 2. The Balaban J connectivity index is 1.60. The van der Waals surface area contributed by atoms with Crippen LogP contribution in [0.2, 0.25) is 0 Å². The minimum Gasteiger partial charge on any atom is -0.461 e. The molecule has 0 unspecified atom stereocenters. The smallest absolute Gasteiger partial charge is 0.136 e. The van der Waals surface area contributed by atoms with Crippen molar-refractivity contribution in [1.29, 1.82) is 0 Å². The van der Waals surface area contributed by atoms with Gasteiger partial charge in [-0.2, -0.15) is 0 Å². The van der Waals surface area contributed by atoms with Crippen LogP contribution in [0.3, 0.4) is 0 Å². The summed E-state index contributed by atoms with van der Waals surface area (Å²) < 4.78 is 12.1. The molecule has 4 nitrogen and oxygen atoms in total. The molecule has 0 atom stereocenters. The van der Waals surface area contributed by atoms with Gasteiger partial charge in [-0.1, -0.05) is 6.92 Å². The molecule has 2 aliphatic rings. The molecule has 160 valence electrons. The second-order valence-electron chi connectivity index (χ2n) is 9.05. The van der Waals surface area contributed by atoms with Gasteiger partial charge in [-0.25, -0.2) is 0 Å². The summed E-state index contributed by atoms with van der Waals surface area (Å²) in [5.41, 5.74) is 3.86. The number of piperidine rings is 1. The standard InChI is InChI=1S/C25H38N2O2/c1-5-19-15-21-16-24(20-7-11-26(12-8-20)18(3)4)29-25(21)17-23(19)27(6-2)22-9-13-28-14-10-22/h15-18,20,22H,5-14H2,1-4H3. The SMILES string of the molecule is CCc1cc2cc(C3CCN(C(C)C)CC3)oc2cc1N(CC)C1CCOCC1. The lowest BCUT2D eigenvalue weighted by Gasteiger charge is -2.36. The van der Waals surface area contributed by atoms with E-state index < -0.39 is 0 Å². The van der Waals surface area contributed by atoms with Gasteiger partial charge in [0.05, 0.1) is 0 Å². The first-order chi connectivity index (χ1) is 14.1. The summed E-state index contributed by atoms with van der Waals surface area (Å²) in [4.78, 5) is 5.17. The molecule has 0 bridgehead atoms. The molecule has 4 rings (SSSR count). The number of anilines is 1. The maximum absolute atomic E-state index is 6.46. The first-order valence-electron chi connectivity index (χ1n) is 11.8. The van der Waals surface area contributed by atoms with Crippen LogP contribution in [0.5, 0.6) is 0 Å². The zero-order chi connectivity index (χ0) is 20.4. The van der Waals surface area contributed by atoms with Gasteiger partial charge in [0.1, 0.15) is 11.3 Å². The topological polar surface area (TPSA) is 28.9 Å². The van der Waals surface area contributed by atoms with Crippen LogP contribution < -0.4 is 4.90 Å². The number of hydrogen-bond donors (Lipinski definition) is 0. The van der Waals surface area contributed by atoms with Crippen LogP contribution in [0.15, 0.2) is 22.6 Å². The van der Waals surface area contributed by atoms with E-state index in [1.54, 1.807) is 0 Å². The fourth-order valence-corrected chi connectivity index (χ4v) is 5.22. The average molecular weight is 399 g/mol. The molecule has 0 radical (unpaired) electrons. The number of hydrogen-bond acceptors (Lipinski definition) is 4. The molecule has 0 spiro atoms. The summed E-state index contributed by atoms with van der Waals surface area (Å²) in [6.45, 7) is 14.3. The minimum absolute atomic E-state index is 0.559. The van der Waals surface area contributed by atoms with Crippen LogP contribution in [0, 0.1) is 0 Å². The fourth-order valence-electron chi connectivity index (χ4n) is 5.22. The third-order valence-corrected chi connectivity index (χ3v) is 7.06. The van der Waals surface area contributed by atoms with Gasteiger partial charge in [0, 0.05) is 54.9 Å². The second-order valence-corrected chi connectivity index (χ2v) is 9.05. The Bertz CT molecular complexity index is 799. The number of aryl methyl sites for hydroxylation is 1. The normalized spacial score (nSPS) is 20.0. The molecule has 2 fully saturated rings. The zero-order valence-corrected chi connectivity index (χ0v) is 18.7. The molecule has 2 saturated heterocycles. The van der Waals surface area contributed by atoms with Crippen molar-refractivity contribution in [2.75, 3.05) is 37.7 Å². The molecule has 4 heteroatoms. The van der Waals surface area contributed by atoms with Crippen molar-refractivity contribution in [2.24, 2.45) is 0 Å². The number of fused-ring (bicyclic) bond motifs is 1. The van der Waals surface area contributed by atoms with E-state index in [4.69, 9.17) is 9.15 Å². The summed E-state index contributed by atoms with van der Waals surface area (Å²) in [6.07, 6.45) is 5.70. The first-order valence-corrected chi connectivity index (χ1v) is 11.8. The Labute approximate surface area is 176 Å². The van der Waals surface area contributed by atoms with E-state index >= 15 is 0 Å². The number of likely N-dealkylation sites (tertiary alicyclic amines) is 1. The summed E-state index contributed by atoms with van der Waals surface area (Å²) in [5.74, 6) is 1.75. The third kappa shape index (κ3) is 4.34. The van der Waals surface area contributed by atoms with Crippen LogP contribution in [0.4, 0.5) is 5.69 Å². The predicted octanol–water partition coefficient (Wildman–Crippen LogP) is 5.59. The summed E-state index contributed by atoms with van der Waals surface area (Å²) >= 11 is 0. The Kier molecular flexibility index (Phi) is 6.50. The maximum atomic E-state index is 6.46. The molecule has 0 amide bonds. The molecular weight excluding hydrogens is 360 g/mol. The first kappa shape index (κ1) is 20.7. The van der Waals surface area contributed by atoms with Gasteiger partial charge < -0.3 is 19.0 Å². The molecule has 3 heterocycles. The molecule has 0 aliphatic carbocycles. The molecular formula is C25H38N2O2. The van der Waals surface area contributed by atoms with Crippen molar-refractivity contribution in [3.63, 3.8) is 0 Å². The Morgan fingerprint density at radius 2 is 1.76 bits per heavy atom. The molecule has 0 N–H and O–H groups in total. The van der Waals surface area contributed by atoms with Gasteiger partial charge in [0.2, 0.25) is 0 Å². The fraction of sp³-hybridized carbons (Fsp3) is 0.680. The maximum Gasteiger partial charge on any atom is 0.136 e. The van der Waals surface area contributed by atoms with E-state index in [1.807, 2.05) is 0 Å². The van der Waals surface area contributed by atoms with Crippen molar-refractivity contribution >= 4 is 16.7 Å². The molecule has 2 aromatic rings. The quantitative estimate of drug-likeness (QED) is 0.634. The lowest BCUT2D eigenvalue weighted by atomic mass is 9.93. The molecule has 1 aromatic heterocycles. The van der Waals surface area contributed by atoms with Crippen LogP contribution in [0.1, 0.15) is 70.6 Å². The molecule has 2 aliphatic heterocycles. The largest absolute Gasteiger partial charge is 0.461 e. The van der Waals surface area contributed by atoms with E-state index in [2.05, 4.69) is 55.7 Å². The van der Waals surface area contributed by atoms with Crippen molar-refractivity contribution in [3.8, 4) is 0 Å². The van der Waals surface area contributed by atoms with E-state index in [1.165, 1.54) is 48.3 Å². The highest BCUT2D eigenvalue weighted by atomic mass is 16.5. The summed E-state index contributed by atoms with van der Waals surface area (Å²) in [6, 6.07) is 8.24. The van der Waals surface area contributed by atoms with E-state index in [0.717, 1.165) is 44.6 Å². The highest BCUT2D eigenvalue weighted by Crippen LogP contribution is 2.36. The average Bonchev–Trinajstić information content (AvgIpc) is 3.17. The summed E-state index contributed by atoms with van der Waals surface area (Å²) in [7, 11) is 0. The van der Waals surface area contributed by atoms with Gasteiger partial charge >= 0.3 is 0 Å². The number of furan rings is 1. The molecule has 29 heavy (non-hydrogen) atoms. The zero-order valence-electron chi connectivity index (χ0n) is 18.7. The van der Waals surface area contributed by atoms with Gasteiger partial charge in [-0.15, -0.1) is 0 Å². The van der Waals surface area contributed by atoms with Crippen molar-refractivity contribution < 1.29 is 9.15 Å². The Morgan fingerprint density at radius 1 is 1.03 bits per heavy atom. The van der Waals surface area contributed by atoms with Gasteiger partial charge in [-0.3, -0.25) is 0 Å². The van der Waals surface area contributed by atoms with E-state index in [9.17, 15) is 0 Å². The van der Waals surface area contributed by atoms with Gasteiger partial charge in [-0.05, 0) is 83.7 Å². The predicted molar refractivity (Wildman–Crippen MR) is 121 cm³/mol. The van der Waals surface area contributed by atoms with Crippen molar-refractivity contribution in [2.45, 2.75) is 77.8 Å². The van der Waals surface area contributed by atoms with Crippen LogP contribution in [-0.2, 0) is 11.2 Å². The van der Waals surface area contributed by atoms with Gasteiger partial charge in [0.25, 0.3) is 0 Å². The molecule has 1 aromatic carbocycles. The summed E-state index contributed by atoms with van der Waals surface area (Å²) in [5, 5.41) is 1.27. The highest BCUT2D eigenvalue weighted by Gasteiger charge is 2.26. The Hall–Kier alpha value is -1.52. The third-order valence-electron chi connectivity index (χ3n) is 7.06. The lowest BCUT2D eigenvalue weighted by molar-refractivity contribution is 0.0846. The van der Waals surface area contributed by atoms with Crippen LogP contribution >= 0.6 is 0 Å². The second kappa shape index (κ2) is 9.09. The molecule has 0 saturated carbocycles. The minimum atomic E-state index is 0.559. The van der Waals surface area contributed by atoms with Crippen LogP contribution in [0.25, 0.3) is 11.0 Å². The number of ether oxygens (including phenoxy) is 1. The van der Waals surface area contributed by atoms with Gasteiger partial charge in [0.15, 0.2) is 0 Å². The Morgan fingerprint density at radius 3 is 2.38 bits per heavy atom. The highest BCUT2D eigenvalue weighted by molar-refractivity contribution is 5.84.